The van der Waals surface area contributed by atoms with Gasteiger partial charge in [0.1, 0.15) is 5.06 Å². The third-order valence-electron chi connectivity index (χ3n) is 3.57. The highest BCUT2D eigenvalue weighted by Crippen LogP contribution is 2.27. The van der Waals surface area contributed by atoms with Crippen LogP contribution in [0.5, 0.6) is 0 Å². The summed E-state index contributed by atoms with van der Waals surface area (Å²) in [6.07, 6.45) is 3.51. The second-order valence-electron chi connectivity index (χ2n) is 5.27. The summed E-state index contributed by atoms with van der Waals surface area (Å²) in [6.45, 7) is 2.71. The molecule has 0 aliphatic carbocycles. The summed E-state index contributed by atoms with van der Waals surface area (Å²) in [5.41, 5.74) is 11.9. The summed E-state index contributed by atoms with van der Waals surface area (Å²) >= 11 is 4.40. The Bertz CT molecular complexity index is 268. The van der Waals surface area contributed by atoms with Crippen LogP contribution in [-0.4, -0.2) is 57.0 Å². The molecule has 0 bridgehead atoms. The van der Waals surface area contributed by atoms with Crippen LogP contribution >= 0.6 is 12.6 Å². The van der Waals surface area contributed by atoms with Gasteiger partial charge >= 0.3 is 8.80 Å². The van der Waals surface area contributed by atoms with Crippen molar-refractivity contribution in [2.45, 2.75) is 49.2 Å². The lowest BCUT2D eigenvalue weighted by Gasteiger charge is -2.34. The lowest BCUT2D eigenvalue weighted by Crippen LogP contribution is -2.50. The van der Waals surface area contributed by atoms with E-state index >= 15 is 0 Å². The molecule has 0 saturated carbocycles. The zero-order chi connectivity index (χ0) is 16.4. The molecule has 0 rings (SSSR count). The van der Waals surface area contributed by atoms with E-state index in [1.165, 1.54) is 0 Å². The van der Waals surface area contributed by atoms with E-state index in [1.54, 1.807) is 21.3 Å². The molecule has 2 unspecified atom stereocenters. The second kappa shape index (κ2) is 11.1. The maximum absolute atomic E-state index is 6.47. The molecule has 0 aromatic carbocycles. The number of nitrogens with two attached hydrogens (primary N) is 2. The zero-order valence-electron chi connectivity index (χ0n) is 13.8. The first-order valence-corrected chi connectivity index (χ1v) is 11.2. The lowest BCUT2D eigenvalue weighted by molar-refractivity contribution is 0.101. The van der Waals surface area contributed by atoms with Gasteiger partial charge in [0.05, 0.1) is 0 Å². The molecule has 6 nitrogen and oxygen atoms in total. The minimum atomic E-state index is -2.75. The third-order valence-corrected chi connectivity index (χ3v) is 8.19. The fraction of sp³-hybridized carbons (Fsp3) is 1.00. The first-order chi connectivity index (χ1) is 9.90. The van der Waals surface area contributed by atoms with E-state index in [0.717, 1.165) is 25.7 Å². The van der Waals surface area contributed by atoms with Gasteiger partial charge in [0.25, 0.3) is 0 Å². The maximum Gasteiger partial charge on any atom is 0.501 e. The molecular formula is C12H32N2O4SSi2. The van der Waals surface area contributed by atoms with Crippen molar-refractivity contribution in [1.82, 2.24) is 0 Å². The predicted molar refractivity (Wildman–Crippen MR) is 94.1 cm³/mol. The van der Waals surface area contributed by atoms with Crippen molar-refractivity contribution in [2.24, 2.45) is 11.5 Å². The van der Waals surface area contributed by atoms with Crippen molar-refractivity contribution in [3.8, 4) is 0 Å². The molecule has 0 aliphatic rings. The van der Waals surface area contributed by atoms with Crippen LogP contribution in [-0.2, 0) is 17.7 Å². The molecule has 0 radical (unpaired) electrons. The van der Waals surface area contributed by atoms with Crippen molar-refractivity contribution >= 4 is 31.2 Å². The molecule has 0 saturated heterocycles. The van der Waals surface area contributed by atoms with Gasteiger partial charge < -0.3 is 29.2 Å². The molecule has 0 amide bonds. The Morgan fingerprint density at radius 1 is 1.19 bits per heavy atom. The molecule has 21 heavy (non-hydrogen) atoms. The Kier molecular flexibility index (Phi) is 11.4. The number of hydrogen-bond acceptors (Lipinski definition) is 7. The lowest BCUT2D eigenvalue weighted by atomic mass is 9.88. The fourth-order valence-electron chi connectivity index (χ4n) is 2.39. The van der Waals surface area contributed by atoms with Gasteiger partial charge in [-0.3, -0.25) is 0 Å². The number of hydrogen-bond donors (Lipinski definition) is 3. The molecule has 0 fully saturated rings. The van der Waals surface area contributed by atoms with Crippen LogP contribution in [0.3, 0.4) is 0 Å². The van der Waals surface area contributed by atoms with E-state index in [-0.39, 0.29) is 10.6 Å². The molecule has 0 spiro atoms. The average Bonchev–Trinajstić information content (AvgIpc) is 2.44. The van der Waals surface area contributed by atoms with Crippen LogP contribution in [0.25, 0.3) is 0 Å². The van der Waals surface area contributed by atoms with Crippen molar-refractivity contribution in [3.63, 3.8) is 0 Å². The number of rotatable bonds is 13. The Morgan fingerprint density at radius 2 is 1.81 bits per heavy atom. The predicted octanol–water partition coefficient (Wildman–Crippen LogP) is 0.415. The Morgan fingerprint density at radius 3 is 2.24 bits per heavy atom. The van der Waals surface area contributed by atoms with E-state index in [1.807, 2.05) is 0 Å². The van der Waals surface area contributed by atoms with Crippen LogP contribution in [0.15, 0.2) is 0 Å². The second-order valence-corrected chi connectivity index (χ2v) is 11.1. The molecule has 9 heteroatoms. The quantitative estimate of drug-likeness (QED) is 0.252. The minimum absolute atomic E-state index is 0.241. The Labute approximate surface area is 137 Å². The molecule has 0 aromatic heterocycles. The summed E-state index contributed by atoms with van der Waals surface area (Å²) < 4.78 is 22.3. The molecule has 2 atom stereocenters. The van der Waals surface area contributed by atoms with E-state index < -0.39 is 18.6 Å². The molecule has 0 aliphatic heterocycles. The normalized spacial score (nSPS) is 17.3. The Hall–Kier alpha value is 0.544. The van der Waals surface area contributed by atoms with Gasteiger partial charge in [0, 0.05) is 32.9 Å². The summed E-state index contributed by atoms with van der Waals surface area (Å²) in [4.78, 5) is 0. The summed E-state index contributed by atoms with van der Waals surface area (Å²) in [7, 11) is 1.28. The largest absolute Gasteiger partial charge is 0.501 e. The smallest absolute Gasteiger partial charge is 0.423 e. The van der Waals surface area contributed by atoms with Crippen molar-refractivity contribution < 1.29 is 17.7 Å². The van der Waals surface area contributed by atoms with Crippen LogP contribution in [0, 0.1) is 0 Å². The fourth-order valence-corrected chi connectivity index (χ4v) is 6.74. The third kappa shape index (κ3) is 8.09. The van der Waals surface area contributed by atoms with Crippen molar-refractivity contribution in [3.05, 3.63) is 0 Å². The van der Waals surface area contributed by atoms with Crippen LogP contribution in [0.4, 0.5) is 0 Å². The standard InChI is InChI=1S/C12H32N2O4SSi2/c1-5-6-12(14,7-9-13)8-10-21(16-3,17-4)18-11(19)20-15-2/h11,19H,5-10,13-14,20H2,1-4H3. The molecule has 0 aromatic rings. The first-order valence-electron chi connectivity index (χ1n) is 7.35. The maximum atomic E-state index is 6.47. The van der Waals surface area contributed by atoms with E-state index in [0.29, 0.717) is 12.6 Å². The monoisotopic (exact) mass is 356 g/mol. The van der Waals surface area contributed by atoms with Gasteiger partial charge in [0.2, 0.25) is 9.76 Å². The summed E-state index contributed by atoms with van der Waals surface area (Å²) in [5, 5.41) is -0.241. The van der Waals surface area contributed by atoms with E-state index in [9.17, 15) is 0 Å². The Balaban J connectivity index is 4.73. The SMILES string of the molecule is CCCC(N)(CCN)CC[Si](OC)(OC)OC(S)[SiH2]OC. The minimum Gasteiger partial charge on any atom is -0.423 e. The summed E-state index contributed by atoms with van der Waals surface area (Å²) in [5.74, 6) is 0. The van der Waals surface area contributed by atoms with Crippen molar-refractivity contribution in [2.75, 3.05) is 27.9 Å². The van der Waals surface area contributed by atoms with Crippen molar-refractivity contribution in [1.29, 1.82) is 0 Å². The zero-order valence-corrected chi connectivity index (χ0v) is 17.1. The van der Waals surface area contributed by atoms with Gasteiger partial charge in [-0.05, 0) is 25.8 Å². The van der Waals surface area contributed by atoms with Gasteiger partial charge in [-0.25, -0.2) is 0 Å². The highest BCUT2D eigenvalue weighted by Gasteiger charge is 2.43. The van der Waals surface area contributed by atoms with E-state index in [4.69, 9.17) is 29.2 Å². The molecule has 128 valence electrons. The van der Waals surface area contributed by atoms with Gasteiger partial charge in [-0.1, -0.05) is 13.3 Å². The topological polar surface area (TPSA) is 89.0 Å². The van der Waals surface area contributed by atoms with Crippen LogP contribution < -0.4 is 11.5 Å². The first kappa shape index (κ1) is 21.5. The highest BCUT2D eigenvalue weighted by atomic mass is 32.1. The average molecular weight is 357 g/mol. The van der Waals surface area contributed by atoms with Gasteiger partial charge in [-0.2, -0.15) is 12.6 Å². The molecule has 4 N–H and O–H groups in total. The van der Waals surface area contributed by atoms with Crippen LogP contribution in [0.1, 0.15) is 32.6 Å². The number of thiol groups is 1. The van der Waals surface area contributed by atoms with Crippen LogP contribution in [0.2, 0.25) is 6.04 Å². The van der Waals surface area contributed by atoms with Gasteiger partial charge in [-0.15, -0.1) is 0 Å². The molecular weight excluding hydrogens is 324 g/mol. The van der Waals surface area contributed by atoms with E-state index in [2.05, 4.69) is 19.6 Å². The summed E-state index contributed by atoms with van der Waals surface area (Å²) in [6, 6.07) is 0.658. The molecule has 0 heterocycles. The highest BCUT2D eigenvalue weighted by molar-refractivity contribution is 7.82. The van der Waals surface area contributed by atoms with Gasteiger partial charge in [0.15, 0.2) is 0 Å².